The summed E-state index contributed by atoms with van der Waals surface area (Å²) >= 11 is 9.60. The predicted molar refractivity (Wildman–Crippen MR) is 162 cm³/mol. The molecule has 11 heteroatoms. The van der Waals surface area contributed by atoms with Gasteiger partial charge in [0.2, 0.25) is 10.0 Å². The van der Waals surface area contributed by atoms with E-state index in [-0.39, 0.29) is 12.1 Å². The summed E-state index contributed by atoms with van der Waals surface area (Å²) in [6, 6.07) is 21.0. The summed E-state index contributed by atoms with van der Waals surface area (Å²) in [4.78, 5) is 6.70. The second kappa shape index (κ2) is 10.6. The topological polar surface area (TPSA) is 88.5 Å². The average molecular weight is 627 g/mol. The lowest BCUT2D eigenvalue weighted by Crippen LogP contribution is -2.29. The number of pyridine rings is 1. The Hall–Kier alpha value is -3.41. The molecule has 8 nitrogen and oxygen atoms in total. The first-order valence-electron chi connectivity index (χ1n) is 12.2. The molecule has 0 bridgehead atoms. The molecule has 5 rings (SSSR count). The van der Waals surface area contributed by atoms with Gasteiger partial charge in [0.25, 0.3) is 0 Å². The molecule has 2 N–H and O–H groups in total. The molecule has 0 amide bonds. The van der Waals surface area contributed by atoms with Crippen LogP contribution >= 0.6 is 28.1 Å². The van der Waals surface area contributed by atoms with Crippen molar-refractivity contribution in [2.45, 2.75) is 25.9 Å². The van der Waals surface area contributed by atoms with Crippen LogP contribution in [-0.2, 0) is 10.0 Å². The van der Waals surface area contributed by atoms with Crippen molar-refractivity contribution in [1.82, 2.24) is 14.9 Å². The van der Waals surface area contributed by atoms with Crippen LogP contribution in [0.2, 0.25) is 0 Å². The van der Waals surface area contributed by atoms with Crippen LogP contribution in [0, 0.1) is 13.8 Å². The summed E-state index contributed by atoms with van der Waals surface area (Å²) in [6.07, 6.45) is 2.88. The van der Waals surface area contributed by atoms with Crippen LogP contribution in [0.3, 0.4) is 0 Å². The number of thiocarbonyl (C=S) groups is 1. The van der Waals surface area contributed by atoms with Crippen molar-refractivity contribution in [3.8, 4) is 11.4 Å². The van der Waals surface area contributed by atoms with Gasteiger partial charge in [-0.3, -0.25) is 9.71 Å². The molecule has 4 aromatic rings. The molecule has 2 aromatic carbocycles. The van der Waals surface area contributed by atoms with Gasteiger partial charge in [0, 0.05) is 33.8 Å². The number of aromatic nitrogens is 2. The van der Waals surface area contributed by atoms with Gasteiger partial charge >= 0.3 is 0 Å². The number of aryl methyl sites for hydroxylation is 1. The van der Waals surface area contributed by atoms with Gasteiger partial charge in [-0.15, -0.1) is 0 Å². The van der Waals surface area contributed by atoms with Gasteiger partial charge in [0.15, 0.2) is 5.11 Å². The van der Waals surface area contributed by atoms with Crippen LogP contribution in [0.15, 0.2) is 77.4 Å². The number of anilines is 2. The molecular formula is C28H28BrN5O3S2. The Morgan fingerprint density at radius 1 is 1.08 bits per heavy atom. The predicted octanol–water partition coefficient (Wildman–Crippen LogP) is 5.81. The Morgan fingerprint density at radius 2 is 1.82 bits per heavy atom. The summed E-state index contributed by atoms with van der Waals surface area (Å²) < 4.78 is 35.1. The molecule has 39 heavy (non-hydrogen) atoms. The van der Waals surface area contributed by atoms with Crippen molar-refractivity contribution in [2.75, 3.05) is 23.0 Å². The standard InChI is InChI=1S/C28H28BrN5O3S2/c1-17-15-20(18(2)33(17)24-11-6-5-9-21(24)29)27-26(23-10-7-8-14-30-23)31-28(38)34(27)19-12-13-22(25(16-19)37-3)32-39(4,35)36/h5-16,26-27,32H,1-4H3,(H,31,38)/t26-,27-/m0/s1. The van der Waals surface area contributed by atoms with E-state index >= 15 is 0 Å². The van der Waals surface area contributed by atoms with Crippen molar-refractivity contribution >= 4 is 54.7 Å². The minimum Gasteiger partial charge on any atom is -0.494 e. The van der Waals surface area contributed by atoms with E-state index in [9.17, 15) is 8.42 Å². The van der Waals surface area contributed by atoms with E-state index in [1.54, 1.807) is 18.3 Å². The maximum atomic E-state index is 11.9. The van der Waals surface area contributed by atoms with Crippen molar-refractivity contribution < 1.29 is 13.2 Å². The number of rotatable bonds is 7. The molecule has 0 unspecified atom stereocenters. The van der Waals surface area contributed by atoms with Crippen LogP contribution in [0.5, 0.6) is 5.75 Å². The first-order chi connectivity index (χ1) is 18.6. The number of ether oxygens (including phenoxy) is 1. The van der Waals surface area contributed by atoms with Crippen LogP contribution < -0.4 is 19.7 Å². The molecule has 0 saturated carbocycles. The van der Waals surface area contributed by atoms with E-state index in [0.29, 0.717) is 16.5 Å². The molecule has 2 atom stereocenters. The van der Waals surface area contributed by atoms with E-state index in [4.69, 9.17) is 17.0 Å². The van der Waals surface area contributed by atoms with Gasteiger partial charge in [-0.25, -0.2) is 8.42 Å². The van der Waals surface area contributed by atoms with Gasteiger partial charge in [0.05, 0.1) is 42.5 Å². The number of para-hydroxylation sites is 1. The second-order valence-corrected chi connectivity index (χ2v) is 12.4. The second-order valence-electron chi connectivity index (χ2n) is 9.37. The fourth-order valence-electron chi connectivity index (χ4n) is 5.15. The van der Waals surface area contributed by atoms with Crippen LogP contribution in [-0.4, -0.2) is 36.4 Å². The molecule has 3 heterocycles. The Morgan fingerprint density at radius 3 is 2.49 bits per heavy atom. The Labute approximate surface area is 242 Å². The van der Waals surface area contributed by atoms with Gasteiger partial charge in [-0.05, 0) is 90.0 Å². The van der Waals surface area contributed by atoms with Crippen molar-refractivity contribution in [3.63, 3.8) is 0 Å². The zero-order valence-electron chi connectivity index (χ0n) is 21.8. The molecule has 0 radical (unpaired) electrons. The van der Waals surface area contributed by atoms with E-state index in [0.717, 1.165) is 44.7 Å². The minimum atomic E-state index is -3.49. The zero-order valence-corrected chi connectivity index (χ0v) is 25.1. The van der Waals surface area contributed by atoms with Crippen molar-refractivity contribution in [3.05, 3.63) is 100 Å². The molecule has 1 aliphatic heterocycles. The molecule has 2 aromatic heterocycles. The molecule has 0 spiro atoms. The number of sulfonamides is 1. The van der Waals surface area contributed by atoms with E-state index in [1.165, 1.54) is 7.11 Å². The monoisotopic (exact) mass is 625 g/mol. The van der Waals surface area contributed by atoms with Gasteiger partial charge < -0.3 is 19.5 Å². The number of halogens is 1. The highest BCUT2D eigenvalue weighted by molar-refractivity contribution is 9.10. The number of nitrogens with zero attached hydrogens (tertiary/aromatic N) is 3. The Bertz CT molecular complexity index is 1660. The lowest BCUT2D eigenvalue weighted by atomic mass is 9.96. The molecule has 1 saturated heterocycles. The van der Waals surface area contributed by atoms with Gasteiger partial charge in [-0.2, -0.15) is 0 Å². The van der Waals surface area contributed by atoms with Crippen LogP contribution in [0.4, 0.5) is 11.4 Å². The third-order valence-electron chi connectivity index (χ3n) is 6.74. The lowest BCUT2D eigenvalue weighted by Gasteiger charge is -2.29. The highest BCUT2D eigenvalue weighted by atomic mass is 79.9. The Kier molecular flexibility index (Phi) is 7.41. The smallest absolute Gasteiger partial charge is 0.229 e. The number of hydrogen-bond acceptors (Lipinski definition) is 5. The maximum Gasteiger partial charge on any atom is 0.229 e. The summed E-state index contributed by atoms with van der Waals surface area (Å²) in [5.74, 6) is 0.388. The highest BCUT2D eigenvalue weighted by Crippen LogP contribution is 2.45. The number of hydrogen-bond donors (Lipinski definition) is 2. The first kappa shape index (κ1) is 27.2. The molecule has 1 fully saturated rings. The largest absolute Gasteiger partial charge is 0.494 e. The normalized spacial score (nSPS) is 17.3. The molecular weight excluding hydrogens is 598 g/mol. The summed E-state index contributed by atoms with van der Waals surface area (Å²) in [7, 11) is -1.98. The Balaban J connectivity index is 1.67. The average Bonchev–Trinajstić information content (AvgIpc) is 3.39. The summed E-state index contributed by atoms with van der Waals surface area (Å²) in [5, 5.41) is 4.02. The third-order valence-corrected chi connectivity index (χ3v) is 8.31. The molecule has 0 aliphatic carbocycles. The summed E-state index contributed by atoms with van der Waals surface area (Å²) in [6.45, 7) is 4.20. The van der Waals surface area contributed by atoms with Crippen LogP contribution in [0.1, 0.15) is 34.7 Å². The number of benzene rings is 2. The quantitative estimate of drug-likeness (QED) is 0.251. The van der Waals surface area contributed by atoms with E-state index < -0.39 is 10.0 Å². The molecule has 1 aliphatic rings. The first-order valence-corrected chi connectivity index (χ1v) is 15.3. The van der Waals surface area contributed by atoms with E-state index in [1.807, 2.05) is 47.4 Å². The number of methoxy groups -OCH3 is 1. The molecule has 202 valence electrons. The fourth-order valence-corrected chi connectivity index (χ4v) is 6.53. The van der Waals surface area contributed by atoms with Gasteiger partial charge in [-0.1, -0.05) is 18.2 Å². The fraction of sp³-hybridized carbons (Fsp3) is 0.214. The SMILES string of the molecule is COc1cc(N2C(=S)N[C@@H](c3ccccn3)[C@@H]2c2cc(C)n(-c3ccccc3Br)c2C)ccc1NS(C)(=O)=O. The van der Waals surface area contributed by atoms with Crippen molar-refractivity contribution in [1.29, 1.82) is 0 Å². The third kappa shape index (κ3) is 5.26. The van der Waals surface area contributed by atoms with Crippen LogP contribution in [0.25, 0.3) is 5.69 Å². The minimum absolute atomic E-state index is 0.230. The van der Waals surface area contributed by atoms with E-state index in [2.05, 4.69) is 61.5 Å². The van der Waals surface area contributed by atoms with Gasteiger partial charge in [0.1, 0.15) is 5.75 Å². The highest BCUT2D eigenvalue weighted by Gasteiger charge is 2.42. The summed E-state index contributed by atoms with van der Waals surface area (Å²) in [5.41, 5.74) is 6.26. The van der Waals surface area contributed by atoms with Crippen molar-refractivity contribution in [2.24, 2.45) is 0 Å². The maximum absolute atomic E-state index is 11.9. The number of nitrogens with one attached hydrogen (secondary N) is 2. The lowest BCUT2D eigenvalue weighted by molar-refractivity contribution is 0.417. The zero-order chi connectivity index (χ0) is 27.9.